The predicted octanol–water partition coefficient (Wildman–Crippen LogP) is 4.26. The number of carbonyl (C=O) groups excluding carboxylic acids is 2. The summed E-state index contributed by atoms with van der Waals surface area (Å²) in [6, 6.07) is 0.133. The summed E-state index contributed by atoms with van der Waals surface area (Å²) >= 11 is 0. The normalized spacial score (nSPS) is 25.4. The highest BCUT2D eigenvalue weighted by atomic mass is 16.1. The van der Waals surface area contributed by atoms with Crippen molar-refractivity contribution in [1.29, 1.82) is 0 Å². The van der Waals surface area contributed by atoms with Crippen LogP contribution in [0.15, 0.2) is 46.1 Å². The fourth-order valence-corrected chi connectivity index (χ4v) is 2.95. The Labute approximate surface area is 132 Å². The Kier molecular flexibility index (Phi) is 8.06. The zero-order valence-electron chi connectivity index (χ0n) is 13.4. The quantitative estimate of drug-likeness (QED) is 0.401. The molecular formula is C18H24N2O2. The molecule has 4 nitrogen and oxygen atoms in total. The first-order valence-corrected chi connectivity index (χ1v) is 7.81. The van der Waals surface area contributed by atoms with E-state index in [-0.39, 0.29) is 6.04 Å². The monoisotopic (exact) mass is 300 g/mol. The van der Waals surface area contributed by atoms with Crippen LogP contribution in [0.5, 0.6) is 0 Å². The van der Waals surface area contributed by atoms with Gasteiger partial charge in [0.1, 0.15) is 0 Å². The molecule has 0 heterocycles. The SMILES string of the molecule is C=C(/C=C\C(=C/CC)N=C=O)CC1CCC(N=C=O)CC1C. The molecule has 118 valence electrons. The molecule has 1 aliphatic rings. The van der Waals surface area contributed by atoms with Crippen LogP contribution in [0.25, 0.3) is 0 Å². The second kappa shape index (κ2) is 9.83. The Bertz CT molecular complexity index is 535. The van der Waals surface area contributed by atoms with Crippen molar-refractivity contribution in [3.05, 3.63) is 36.1 Å². The van der Waals surface area contributed by atoms with Gasteiger partial charge >= 0.3 is 0 Å². The number of hydrogen-bond acceptors (Lipinski definition) is 4. The number of allylic oxidation sites excluding steroid dienone is 4. The van der Waals surface area contributed by atoms with E-state index in [4.69, 9.17) is 0 Å². The molecule has 0 radical (unpaired) electrons. The Morgan fingerprint density at radius 2 is 2.05 bits per heavy atom. The smallest absolute Gasteiger partial charge is 0.211 e. The molecule has 4 heteroatoms. The summed E-state index contributed by atoms with van der Waals surface area (Å²) in [6.45, 7) is 8.28. The molecule has 1 aliphatic carbocycles. The van der Waals surface area contributed by atoms with E-state index >= 15 is 0 Å². The average molecular weight is 300 g/mol. The molecule has 0 amide bonds. The molecule has 3 unspecified atom stereocenters. The number of isocyanates is 2. The molecule has 1 fully saturated rings. The third-order valence-corrected chi connectivity index (χ3v) is 4.16. The maximum atomic E-state index is 10.4. The van der Waals surface area contributed by atoms with Crippen molar-refractivity contribution in [2.45, 2.75) is 52.0 Å². The Hall–Kier alpha value is -2.02. The highest BCUT2D eigenvalue weighted by Crippen LogP contribution is 2.35. The number of nitrogens with zero attached hydrogens (tertiary/aromatic N) is 2. The molecule has 1 rings (SSSR count). The lowest BCUT2D eigenvalue weighted by Gasteiger charge is -2.32. The lowest BCUT2D eigenvalue weighted by Crippen LogP contribution is -2.25. The van der Waals surface area contributed by atoms with Gasteiger partial charge in [-0.05, 0) is 50.0 Å². The lowest BCUT2D eigenvalue weighted by atomic mass is 9.75. The van der Waals surface area contributed by atoms with Gasteiger partial charge in [-0.3, -0.25) is 0 Å². The first kappa shape index (κ1) is 18.0. The van der Waals surface area contributed by atoms with E-state index in [1.807, 2.05) is 25.2 Å². The molecule has 22 heavy (non-hydrogen) atoms. The summed E-state index contributed by atoms with van der Waals surface area (Å²) in [4.78, 5) is 28.2. The number of aliphatic imine (C=N–C) groups is 2. The second-order valence-electron chi connectivity index (χ2n) is 5.86. The summed E-state index contributed by atoms with van der Waals surface area (Å²) in [5, 5.41) is 0. The summed E-state index contributed by atoms with van der Waals surface area (Å²) in [6.07, 6.45) is 13.5. The van der Waals surface area contributed by atoms with E-state index in [9.17, 15) is 9.59 Å². The van der Waals surface area contributed by atoms with Crippen LogP contribution < -0.4 is 0 Å². The van der Waals surface area contributed by atoms with Crippen LogP contribution >= 0.6 is 0 Å². The Morgan fingerprint density at radius 1 is 1.27 bits per heavy atom. The second-order valence-corrected chi connectivity index (χ2v) is 5.86. The predicted molar refractivity (Wildman–Crippen MR) is 87.8 cm³/mol. The van der Waals surface area contributed by atoms with Gasteiger partial charge in [-0.1, -0.05) is 38.2 Å². The molecule has 0 aliphatic heterocycles. The largest absolute Gasteiger partial charge is 0.240 e. The fourth-order valence-electron chi connectivity index (χ4n) is 2.95. The molecule has 0 aromatic rings. The molecule has 0 bridgehead atoms. The van der Waals surface area contributed by atoms with E-state index in [1.165, 1.54) is 0 Å². The van der Waals surface area contributed by atoms with Crippen molar-refractivity contribution in [2.24, 2.45) is 21.8 Å². The zero-order valence-corrected chi connectivity index (χ0v) is 13.4. The van der Waals surface area contributed by atoms with Crippen LogP contribution in [0.3, 0.4) is 0 Å². The maximum Gasteiger partial charge on any atom is 0.240 e. The van der Waals surface area contributed by atoms with Crippen LogP contribution in [0.2, 0.25) is 0 Å². The Balaban J connectivity index is 2.56. The van der Waals surface area contributed by atoms with Gasteiger partial charge in [-0.25, -0.2) is 14.6 Å². The Morgan fingerprint density at radius 3 is 2.64 bits per heavy atom. The minimum atomic E-state index is 0.133. The third-order valence-electron chi connectivity index (χ3n) is 4.16. The summed E-state index contributed by atoms with van der Waals surface area (Å²) < 4.78 is 0. The third kappa shape index (κ3) is 6.17. The standard InChI is InChI=1S/C18H24N2O2/c1-4-5-17(19-12-21)8-6-14(2)10-16-7-9-18(20-13-22)11-15(16)3/h5-6,8,15-16,18H,2,4,7,9-11H2,1,3H3/b8-6-,17-5+. The molecule has 0 saturated heterocycles. The van der Waals surface area contributed by atoms with E-state index in [2.05, 4.69) is 23.5 Å². The topological polar surface area (TPSA) is 58.9 Å². The van der Waals surface area contributed by atoms with Gasteiger partial charge in [0.05, 0.1) is 11.7 Å². The summed E-state index contributed by atoms with van der Waals surface area (Å²) in [5.74, 6) is 1.07. The highest BCUT2D eigenvalue weighted by molar-refractivity contribution is 5.40. The average Bonchev–Trinajstić information content (AvgIpc) is 2.48. The van der Waals surface area contributed by atoms with E-state index in [0.717, 1.165) is 37.7 Å². The first-order chi connectivity index (χ1) is 10.6. The van der Waals surface area contributed by atoms with Crippen LogP contribution in [0.4, 0.5) is 0 Å². The van der Waals surface area contributed by atoms with Crippen molar-refractivity contribution < 1.29 is 9.59 Å². The van der Waals surface area contributed by atoms with E-state index < -0.39 is 0 Å². The minimum absolute atomic E-state index is 0.133. The van der Waals surface area contributed by atoms with Crippen molar-refractivity contribution in [3.8, 4) is 0 Å². The first-order valence-electron chi connectivity index (χ1n) is 7.81. The summed E-state index contributed by atoms with van der Waals surface area (Å²) in [7, 11) is 0. The molecule has 0 N–H and O–H groups in total. The highest BCUT2D eigenvalue weighted by Gasteiger charge is 2.27. The molecule has 1 saturated carbocycles. The van der Waals surface area contributed by atoms with Gasteiger partial charge in [0.25, 0.3) is 0 Å². The zero-order chi connectivity index (χ0) is 16.4. The molecular weight excluding hydrogens is 276 g/mol. The van der Waals surface area contributed by atoms with Crippen LogP contribution in [-0.4, -0.2) is 18.2 Å². The van der Waals surface area contributed by atoms with Gasteiger partial charge < -0.3 is 0 Å². The number of rotatable bonds is 7. The van der Waals surface area contributed by atoms with Gasteiger partial charge in [-0.15, -0.1) is 0 Å². The fraction of sp³-hybridized carbons (Fsp3) is 0.556. The van der Waals surface area contributed by atoms with Gasteiger partial charge in [-0.2, -0.15) is 4.99 Å². The van der Waals surface area contributed by atoms with Gasteiger partial charge in [0, 0.05) is 0 Å². The molecule has 0 aromatic heterocycles. The molecule has 0 aromatic carbocycles. The van der Waals surface area contributed by atoms with Crippen molar-refractivity contribution in [3.63, 3.8) is 0 Å². The van der Waals surface area contributed by atoms with Crippen LogP contribution in [-0.2, 0) is 9.59 Å². The van der Waals surface area contributed by atoms with Crippen molar-refractivity contribution in [1.82, 2.24) is 0 Å². The van der Waals surface area contributed by atoms with Crippen molar-refractivity contribution >= 4 is 12.2 Å². The summed E-state index contributed by atoms with van der Waals surface area (Å²) in [5.41, 5.74) is 1.65. The van der Waals surface area contributed by atoms with Crippen LogP contribution in [0, 0.1) is 11.8 Å². The number of hydrogen-bond donors (Lipinski definition) is 0. The van der Waals surface area contributed by atoms with E-state index in [1.54, 1.807) is 12.2 Å². The minimum Gasteiger partial charge on any atom is -0.211 e. The lowest BCUT2D eigenvalue weighted by molar-refractivity contribution is 0.233. The van der Waals surface area contributed by atoms with Crippen LogP contribution in [0.1, 0.15) is 46.0 Å². The van der Waals surface area contributed by atoms with Gasteiger partial charge in [0.15, 0.2) is 0 Å². The molecule has 0 spiro atoms. The van der Waals surface area contributed by atoms with E-state index in [0.29, 0.717) is 17.5 Å². The maximum absolute atomic E-state index is 10.4. The van der Waals surface area contributed by atoms with Gasteiger partial charge in [0.2, 0.25) is 12.2 Å². The molecule has 3 atom stereocenters. The van der Waals surface area contributed by atoms with Crippen molar-refractivity contribution in [2.75, 3.05) is 0 Å².